The van der Waals surface area contributed by atoms with Crippen LogP contribution in [0.3, 0.4) is 0 Å². The van der Waals surface area contributed by atoms with Crippen LogP contribution in [0.5, 0.6) is 5.75 Å². The molecular weight excluding hydrogens is 218 g/mol. The number of nitrogens with one attached hydrogen (secondary N) is 1. The van der Waals surface area contributed by atoms with Gasteiger partial charge in [-0.3, -0.25) is 0 Å². The Balaban J connectivity index is 2.02. The molecule has 1 heterocycles. The van der Waals surface area contributed by atoms with Crippen LogP contribution in [0.15, 0.2) is 24.3 Å². The Labute approximate surface area is 102 Å². The quantitative estimate of drug-likeness (QED) is 0.870. The van der Waals surface area contributed by atoms with Crippen molar-refractivity contribution in [2.24, 2.45) is 0 Å². The molecule has 0 aliphatic carbocycles. The largest absolute Gasteiger partial charge is 0.491 e. The topological polar surface area (TPSA) is 21.3 Å². The maximum atomic E-state index is 5.63. The van der Waals surface area contributed by atoms with Crippen LogP contribution in [0.4, 0.5) is 0 Å². The van der Waals surface area contributed by atoms with Gasteiger partial charge < -0.3 is 10.1 Å². The second-order valence-electron chi connectivity index (χ2n) is 4.38. The van der Waals surface area contributed by atoms with Gasteiger partial charge >= 0.3 is 0 Å². The Bertz CT molecular complexity index is 334. The van der Waals surface area contributed by atoms with Gasteiger partial charge in [-0.15, -0.1) is 0 Å². The molecule has 1 N–H and O–H groups in total. The molecule has 0 amide bonds. The van der Waals surface area contributed by atoms with Gasteiger partial charge in [-0.2, -0.15) is 11.8 Å². The van der Waals surface area contributed by atoms with Gasteiger partial charge in [-0.05, 0) is 38.6 Å². The molecule has 2 unspecified atom stereocenters. The molecule has 2 nitrogen and oxygen atoms in total. The zero-order chi connectivity index (χ0) is 11.5. The summed E-state index contributed by atoms with van der Waals surface area (Å²) in [5.74, 6) is 2.18. The van der Waals surface area contributed by atoms with Crippen LogP contribution in [0.1, 0.15) is 24.7 Å². The number of hydrogen-bond donors (Lipinski definition) is 1. The standard InChI is InChI=1S/C13H19NOS/c1-9(2)15-11-6-4-10(5-7-11)13-12(14-3)8-16-13/h4-7,9,12-14H,8H2,1-3H3. The van der Waals surface area contributed by atoms with Crippen molar-refractivity contribution in [2.45, 2.75) is 31.2 Å². The Morgan fingerprint density at radius 3 is 2.44 bits per heavy atom. The van der Waals surface area contributed by atoms with Gasteiger partial charge in [-0.25, -0.2) is 0 Å². The average Bonchev–Trinajstić information content (AvgIpc) is 2.19. The minimum atomic E-state index is 0.244. The van der Waals surface area contributed by atoms with Crippen molar-refractivity contribution in [3.8, 4) is 5.75 Å². The second-order valence-corrected chi connectivity index (χ2v) is 5.56. The molecule has 1 aliphatic heterocycles. The number of rotatable bonds is 4. The third-order valence-electron chi connectivity index (χ3n) is 2.77. The Hall–Kier alpha value is -0.670. The summed E-state index contributed by atoms with van der Waals surface area (Å²) >= 11 is 2.01. The molecular formula is C13H19NOS. The normalized spacial score (nSPS) is 24.2. The summed E-state index contributed by atoms with van der Waals surface area (Å²) in [4.78, 5) is 0. The van der Waals surface area contributed by atoms with E-state index in [4.69, 9.17) is 4.74 Å². The highest BCUT2D eigenvalue weighted by molar-refractivity contribution is 8.01. The van der Waals surface area contributed by atoms with Crippen LogP contribution in [0.25, 0.3) is 0 Å². The first-order chi connectivity index (χ1) is 7.70. The van der Waals surface area contributed by atoms with Gasteiger partial charge in [0, 0.05) is 17.0 Å². The van der Waals surface area contributed by atoms with Crippen molar-refractivity contribution >= 4 is 11.8 Å². The first kappa shape index (κ1) is 11.8. The summed E-state index contributed by atoms with van der Waals surface area (Å²) in [7, 11) is 2.04. The van der Waals surface area contributed by atoms with Gasteiger partial charge in [-0.1, -0.05) is 12.1 Å². The van der Waals surface area contributed by atoms with Crippen LogP contribution in [-0.2, 0) is 0 Å². The molecule has 1 saturated heterocycles. The fourth-order valence-corrected chi connectivity index (χ4v) is 3.09. The van der Waals surface area contributed by atoms with Crippen LogP contribution in [0, 0.1) is 0 Å². The summed E-state index contributed by atoms with van der Waals surface area (Å²) < 4.78 is 5.63. The predicted octanol–water partition coefficient (Wildman–Crippen LogP) is 2.85. The van der Waals surface area contributed by atoms with E-state index in [1.165, 1.54) is 11.3 Å². The van der Waals surface area contributed by atoms with Gasteiger partial charge in [0.1, 0.15) is 5.75 Å². The number of likely N-dealkylation sites (N-methyl/N-ethyl adjacent to an activating group) is 1. The highest BCUT2D eigenvalue weighted by Gasteiger charge is 2.31. The number of ether oxygens (including phenoxy) is 1. The molecule has 88 valence electrons. The first-order valence-electron chi connectivity index (χ1n) is 5.76. The van der Waals surface area contributed by atoms with Crippen molar-refractivity contribution in [2.75, 3.05) is 12.8 Å². The summed E-state index contributed by atoms with van der Waals surface area (Å²) in [6, 6.07) is 9.13. The predicted molar refractivity (Wildman–Crippen MR) is 70.3 cm³/mol. The summed E-state index contributed by atoms with van der Waals surface area (Å²) in [6.45, 7) is 4.10. The van der Waals surface area contributed by atoms with Crippen molar-refractivity contribution in [3.05, 3.63) is 29.8 Å². The maximum absolute atomic E-state index is 5.63. The molecule has 1 aliphatic rings. The fourth-order valence-electron chi connectivity index (χ4n) is 1.86. The minimum absolute atomic E-state index is 0.244. The van der Waals surface area contributed by atoms with Crippen molar-refractivity contribution in [1.82, 2.24) is 5.32 Å². The summed E-state index contributed by atoms with van der Waals surface area (Å²) in [6.07, 6.45) is 0.244. The molecule has 0 aromatic heterocycles. The highest BCUT2D eigenvalue weighted by atomic mass is 32.2. The molecule has 16 heavy (non-hydrogen) atoms. The van der Waals surface area contributed by atoms with Gasteiger partial charge in [0.05, 0.1) is 6.10 Å². The van der Waals surface area contributed by atoms with Crippen molar-refractivity contribution in [3.63, 3.8) is 0 Å². The Kier molecular flexibility index (Phi) is 3.77. The van der Waals surface area contributed by atoms with Gasteiger partial charge in [0.25, 0.3) is 0 Å². The van der Waals surface area contributed by atoms with E-state index in [1.807, 2.05) is 32.7 Å². The van der Waals surface area contributed by atoms with Crippen LogP contribution >= 0.6 is 11.8 Å². The van der Waals surface area contributed by atoms with Crippen LogP contribution in [0.2, 0.25) is 0 Å². The van der Waals surface area contributed by atoms with E-state index in [2.05, 4.69) is 29.6 Å². The monoisotopic (exact) mass is 237 g/mol. The smallest absolute Gasteiger partial charge is 0.119 e. The van der Waals surface area contributed by atoms with Crippen molar-refractivity contribution < 1.29 is 4.74 Å². The lowest BCUT2D eigenvalue weighted by Gasteiger charge is -2.36. The van der Waals surface area contributed by atoms with E-state index < -0.39 is 0 Å². The molecule has 2 rings (SSSR count). The molecule has 2 atom stereocenters. The number of hydrogen-bond acceptors (Lipinski definition) is 3. The third kappa shape index (κ3) is 2.53. The Morgan fingerprint density at radius 2 is 2.00 bits per heavy atom. The molecule has 1 fully saturated rings. The molecule has 1 aromatic carbocycles. The minimum Gasteiger partial charge on any atom is -0.491 e. The highest BCUT2D eigenvalue weighted by Crippen LogP contribution is 2.42. The average molecular weight is 237 g/mol. The van der Waals surface area contributed by atoms with Gasteiger partial charge in [0.2, 0.25) is 0 Å². The van der Waals surface area contributed by atoms with Crippen molar-refractivity contribution in [1.29, 1.82) is 0 Å². The van der Waals surface area contributed by atoms with E-state index in [0.717, 1.165) is 5.75 Å². The lowest BCUT2D eigenvalue weighted by Crippen LogP contribution is -2.40. The number of thioether (sulfide) groups is 1. The Morgan fingerprint density at radius 1 is 1.31 bits per heavy atom. The van der Waals surface area contributed by atoms with E-state index >= 15 is 0 Å². The zero-order valence-corrected chi connectivity index (χ0v) is 10.9. The SMILES string of the molecule is CNC1CSC1c1ccc(OC(C)C)cc1. The molecule has 1 aromatic rings. The number of benzene rings is 1. The second kappa shape index (κ2) is 5.11. The zero-order valence-electron chi connectivity index (χ0n) is 10.1. The summed E-state index contributed by atoms with van der Waals surface area (Å²) in [5.41, 5.74) is 1.40. The fraction of sp³-hybridized carbons (Fsp3) is 0.538. The molecule has 0 radical (unpaired) electrons. The van der Waals surface area contributed by atoms with Gasteiger partial charge in [0.15, 0.2) is 0 Å². The maximum Gasteiger partial charge on any atom is 0.119 e. The molecule has 0 saturated carbocycles. The van der Waals surface area contributed by atoms with E-state index in [0.29, 0.717) is 11.3 Å². The molecule has 3 heteroatoms. The first-order valence-corrected chi connectivity index (χ1v) is 6.81. The van der Waals surface area contributed by atoms with Crippen LogP contribution < -0.4 is 10.1 Å². The van der Waals surface area contributed by atoms with E-state index in [9.17, 15) is 0 Å². The van der Waals surface area contributed by atoms with E-state index in [-0.39, 0.29) is 6.10 Å². The summed E-state index contributed by atoms with van der Waals surface area (Å²) in [5, 5.41) is 3.95. The lowest BCUT2D eigenvalue weighted by molar-refractivity contribution is 0.242. The molecule has 0 spiro atoms. The lowest BCUT2D eigenvalue weighted by atomic mass is 10.1. The third-order valence-corrected chi connectivity index (χ3v) is 4.28. The van der Waals surface area contributed by atoms with E-state index in [1.54, 1.807) is 0 Å². The molecule has 0 bridgehead atoms. The van der Waals surface area contributed by atoms with Crippen LogP contribution in [-0.4, -0.2) is 24.9 Å².